The Morgan fingerprint density at radius 3 is 2.41 bits per heavy atom. The fraction of sp³-hybridized carbons (Fsp3) is 0.609. The summed E-state index contributed by atoms with van der Waals surface area (Å²) in [6, 6.07) is 6.77. The van der Waals surface area contributed by atoms with Crippen molar-refractivity contribution in [3.8, 4) is 0 Å². The lowest BCUT2D eigenvalue weighted by Crippen LogP contribution is -2.58. The Balaban J connectivity index is 1.82. The van der Waals surface area contributed by atoms with Gasteiger partial charge in [-0.25, -0.2) is 0 Å². The molecule has 6 nitrogen and oxygen atoms in total. The van der Waals surface area contributed by atoms with E-state index in [0.717, 1.165) is 24.8 Å². The summed E-state index contributed by atoms with van der Waals surface area (Å²) >= 11 is 0. The Hall–Kier alpha value is -2.37. The quantitative estimate of drug-likeness (QED) is 0.554. The zero-order chi connectivity index (χ0) is 21.1. The van der Waals surface area contributed by atoms with Crippen LogP contribution in [0.1, 0.15) is 70.3 Å². The van der Waals surface area contributed by atoms with E-state index in [-0.39, 0.29) is 24.1 Å². The summed E-state index contributed by atoms with van der Waals surface area (Å²) < 4.78 is 0. The Morgan fingerprint density at radius 2 is 1.72 bits per heavy atom. The lowest BCUT2D eigenvalue weighted by molar-refractivity contribution is -0.144. The summed E-state index contributed by atoms with van der Waals surface area (Å²) in [5, 5.41) is 5.59. The van der Waals surface area contributed by atoms with Gasteiger partial charge in [0.15, 0.2) is 0 Å². The van der Waals surface area contributed by atoms with Gasteiger partial charge in [-0.2, -0.15) is 0 Å². The number of anilines is 1. The third-order valence-electron chi connectivity index (χ3n) is 5.36. The van der Waals surface area contributed by atoms with Crippen LogP contribution < -0.4 is 10.6 Å². The molecule has 1 heterocycles. The van der Waals surface area contributed by atoms with Crippen LogP contribution in [0, 0.1) is 6.92 Å². The molecule has 1 aromatic carbocycles. The first kappa shape index (κ1) is 22.9. The zero-order valence-electron chi connectivity index (χ0n) is 17.8. The van der Waals surface area contributed by atoms with E-state index in [1.165, 1.54) is 25.7 Å². The highest BCUT2D eigenvalue weighted by atomic mass is 16.2. The number of nitrogens with zero attached hydrogens (tertiary/aromatic N) is 1. The maximum atomic E-state index is 12.7. The zero-order valence-corrected chi connectivity index (χ0v) is 17.8. The number of carbonyl (C=O) groups is 3. The van der Waals surface area contributed by atoms with Crippen LogP contribution in [-0.4, -0.2) is 41.8 Å². The largest absolute Gasteiger partial charge is 0.353 e. The third-order valence-corrected chi connectivity index (χ3v) is 5.36. The Morgan fingerprint density at radius 1 is 1.07 bits per heavy atom. The lowest BCUT2D eigenvalue weighted by atomic mass is 10.0. The topological polar surface area (TPSA) is 78.5 Å². The molecule has 1 aliphatic heterocycles. The summed E-state index contributed by atoms with van der Waals surface area (Å²) in [5.41, 5.74) is 1.80. The van der Waals surface area contributed by atoms with E-state index in [1.807, 2.05) is 31.2 Å². The van der Waals surface area contributed by atoms with Gasteiger partial charge in [0, 0.05) is 25.2 Å². The fourth-order valence-electron chi connectivity index (χ4n) is 3.62. The van der Waals surface area contributed by atoms with Crippen molar-refractivity contribution in [2.75, 3.05) is 18.4 Å². The van der Waals surface area contributed by atoms with E-state index >= 15 is 0 Å². The molecule has 29 heavy (non-hydrogen) atoms. The molecule has 0 aliphatic carbocycles. The van der Waals surface area contributed by atoms with Gasteiger partial charge >= 0.3 is 0 Å². The molecule has 2 rings (SSSR count). The van der Waals surface area contributed by atoms with Crippen molar-refractivity contribution in [3.05, 3.63) is 29.8 Å². The first-order valence-corrected chi connectivity index (χ1v) is 10.9. The number of nitrogens with one attached hydrogen (secondary N) is 2. The van der Waals surface area contributed by atoms with Crippen molar-refractivity contribution < 1.29 is 14.4 Å². The van der Waals surface area contributed by atoms with E-state index < -0.39 is 6.04 Å². The molecule has 0 spiro atoms. The minimum absolute atomic E-state index is 0.0253. The van der Waals surface area contributed by atoms with E-state index in [1.54, 1.807) is 4.90 Å². The van der Waals surface area contributed by atoms with Crippen molar-refractivity contribution in [3.63, 3.8) is 0 Å². The SMILES string of the molecule is CCCCCCCCCC(=O)N1CCNC(=O)C1CC(=O)Nc1ccc(C)cc1. The fourth-order valence-corrected chi connectivity index (χ4v) is 3.62. The number of hydrogen-bond donors (Lipinski definition) is 2. The van der Waals surface area contributed by atoms with E-state index in [0.29, 0.717) is 25.2 Å². The minimum Gasteiger partial charge on any atom is -0.353 e. The molecule has 1 unspecified atom stereocenters. The minimum atomic E-state index is -0.730. The summed E-state index contributed by atoms with van der Waals surface area (Å²) in [6.45, 7) is 5.08. The molecule has 0 bridgehead atoms. The second-order valence-corrected chi connectivity index (χ2v) is 7.88. The van der Waals surface area contributed by atoms with Crippen LogP contribution in [0.15, 0.2) is 24.3 Å². The van der Waals surface area contributed by atoms with Crippen molar-refractivity contribution >= 4 is 23.4 Å². The van der Waals surface area contributed by atoms with Gasteiger partial charge in [0.1, 0.15) is 6.04 Å². The van der Waals surface area contributed by atoms with Gasteiger partial charge in [0.25, 0.3) is 0 Å². The van der Waals surface area contributed by atoms with Crippen LogP contribution in [0.4, 0.5) is 5.69 Å². The number of amides is 3. The molecule has 0 aromatic heterocycles. The second-order valence-electron chi connectivity index (χ2n) is 7.88. The summed E-state index contributed by atoms with van der Waals surface area (Å²) in [5.74, 6) is -0.533. The first-order chi connectivity index (χ1) is 14.0. The van der Waals surface area contributed by atoms with Crippen molar-refractivity contribution in [1.82, 2.24) is 10.2 Å². The number of rotatable bonds is 11. The summed E-state index contributed by atoms with van der Waals surface area (Å²) in [4.78, 5) is 39.0. The first-order valence-electron chi connectivity index (χ1n) is 10.9. The molecule has 0 radical (unpaired) electrons. The van der Waals surface area contributed by atoms with Crippen LogP contribution in [0.2, 0.25) is 0 Å². The van der Waals surface area contributed by atoms with Crippen LogP contribution in [0.5, 0.6) is 0 Å². The van der Waals surface area contributed by atoms with Crippen molar-refractivity contribution in [2.24, 2.45) is 0 Å². The molecule has 1 fully saturated rings. The molecule has 3 amide bonds. The van der Waals surface area contributed by atoms with Gasteiger partial charge in [-0.15, -0.1) is 0 Å². The van der Waals surface area contributed by atoms with E-state index in [9.17, 15) is 14.4 Å². The summed E-state index contributed by atoms with van der Waals surface area (Å²) in [6.07, 6.45) is 8.42. The van der Waals surface area contributed by atoms with E-state index in [2.05, 4.69) is 17.6 Å². The number of piperazine rings is 1. The molecule has 1 saturated heterocycles. The lowest BCUT2D eigenvalue weighted by Gasteiger charge is -2.34. The van der Waals surface area contributed by atoms with Gasteiger partial charge in [-0.3, -0.25) is 14.4 Å². The number of hydrogen-bond acceptors (Lipinski definition) is 3. The number of unbranched alkanes of at least 4 members (excludes halogenated alkanes) is 6. The molecule has 1 atom stereocenters. The Kier molecular flexibility index (Phi) is 9.68. The number of benzene rings is 1. The molecule has 0 saturated carbocycles. The van der Waals surface area contributed by atoms with Gasteiger partial charge in [0.05, 0.1) is 6.42 Å². The maximum absolute atomic E-state index is 12.7. The molecular formula is C23H35N3O3. The smallest absolute Gasteiger partial charge is 0.243 e. The van der Waals surface area contributed by atoms with E-state index in [4.69, 9.17) is 0 Å². The number of aryl methyl sites for hydroxylation is 1. The van der Waals surface area contributed by atoms with Crippen LogP contribution in [0.25, 0.3) is 0 Å². The predicted molar refractivity (Wildman–Crippen MR) is 116 cm³/mol. The molecule has 6 heteroatoms. The van der Waals surface area contributed by atoms with Gasteiger partial charge in [-0.1, -0.05) is 63.1 Å². The Labute approximate surface area is 174 Å². The monoisotopic (exact) mass is 401 g/mol. The number of carbonyl (C=O) groups excluding carboxylic acids is 3. The second kappa shape index (κ2) is 12.2. The average molecular weight is 402 g/mol. The third kappa shape index (κ3) is 7.87. The van der Waals surface area contributed by atoms with Gasteiger partial charge in [0.2, 0.25) is 17.7 Å². The summed E-state index contributed by atoms with van der Waals surface area (Å²) in [7, 11) is 0. The highest BCUT2D eigenvalue weighted by Crippen LogP contribution is 2.16. The molecule has 1 aliphatic rings. The highest BCUT2D eigenvalue weighted by Gasteiger charge is 2.34. The maximum Gasteiger partial charge on any atom is 0.243 e. The molecular weight excluding hydrogens is 366 g/mol. The van der Waals surface area contributed by atoms with Crippen molar-refractivity contribution in [2.45, 2.75) is 77.7 Å². The molecule has 2 N–H and O–H groups in total. The normalized spacial score (nSPS) is 16.4. The average Bonchev–Trinajstić information content (AvgIpc) is 2.70. The molecule has 160 valence electrons. The Bertz CT molecular complexity index is 672. The van der Waals surface area contributed by atoms with Crippen LogP contribution >= 0.6 is 0 Å². The van der Waals surface area contributed by atoms with Gasteiger partial charge < -0.3 is 15.5 Å². The van der Waals surface area contributed by atoms with Gasteiger partial charge in [-0.05, 0) is 25.5 Å². The van der Waals surface area contributed by atoms with Crippen LogP contribution in [-0.2, 0) is 14.4 Å². The predicted octanol–water partition coefficient (Wildman–Crippen LogP) is 3.79. The molecule has 1 aromatic rings. The van der Waals surface area contributed by atoms with Crippen LogP contribution in [0.3, 0.4) is 0 Å². The van der Waals surface area contributed by atoms with Crippen molar-refractivity contribution in [1.29, 1.82) is 0 Å². The highest BCUT2D eigenvalue weighted by molar-refractivity contribution is 5.97. The standard InChI is InChI=1S/C23H35N3O3/c1-3-4-5-6-7-8-9-10-22(28)26-16-15-24-23(29)20(26)17-21(27)25-19-13-11-18(2)12-14-19/h11-14,20H,3-10,15-17H2,1-2H3,(H,24,29)(H,25,27).